The van der Waals surface area contributed by atoms with Crippen molar-refractivity contribution >= 4 is 0 Å². The van der Waals surface area contributed by atoms with E-state index in [1.54, 1.807) is 0 Å². The second-order valence-electron chi connectivity index (χ2n) is 5.69. The van der Waals surface area contributed by atoms with E-state index in [-0.39, 0.29) is 6.10 Å². The van der Waals surface area contributed by atoms with E-state index in [0.717, 1.165) is 36.3 Å². The van der Waals surface area contributed by atoms with E-state index in [9.17, 15) is 0 Å². The Kier molecular flexibility index (Phi) is 7.65. The summed E-state index contributed by atoms with van der Waals surface area (Å²) in [5, 5.41) is 0. The van der Waals surface area contributed by atoms with Gasteiger partial charge in [0.2, 0.25) is 6.79 Å². The van der Waals surface area contributed by atoms with E-state index < -0.39 is 0 Å². The number of ether oxygens (including phenoxy) is 5. The highest BCUT2D eigenvalue weighted by molar-refractivity contribution is 5.48. The molecule has 2 rings (SSSR count). The van der Waals surface area contributed by atoms with Crippen molar-refractivity contribution < 1.29 is 23.7 Å². The van der Waals surface area contributed by atoms with Crippen LogP contribution in [0.4, 0.5) is 0 Å². The minimum atomic E-state index is 0.237. The number of hydrogen-bond donors (Lipinski definition) is 0. The van der Waals surface area contributed by atoms with E-state index in [0.29, 0.717) is 33.4 Å². The molecule has 1 aromatic carbocycles. The topological polar surface area (TPSA) is 46.2 Å². The Bertz CT molecular complexity index is 475. The summed E-state index contributed by atoms with van der Waals surface area (Å²) in [7, 11) is 0. The molecule has 1 aromatic rings. The molecular formula is C18H28O5. The summed E-state index contributed by atoms with van der Waals surface area (Å²) in [4.78, 5) is 0. The van der Waals surface area contributed by atoms with E-state index in [1.807, 2.05) is 13.0 Å². The highest BCUT2D eigenvalue weighted by Gasteiger charge is 2.16. The Morgan fingerprint density at radius 1 is 1.04 bits per heavy atom. The van der Waals surface area contributed by atoms with Crippen LogP contribution in [0.1, 0.15) is 44.7 Å². The van der Waals surface area contributed by atoms with Crippen molar-refractivity contribution in [1.29, 1.82) is 0 Å². The van der Waals surface area contributed by atoms with Crippen LogP contribution in [0.25, 0.3) is 0 Å². The van der Waals surface area contributed by atoms with Crippen LogP contribution < -0.4 is 9.47 Å². The monoisotopic (exact) mass is 324 g/mol. The maximum atomic E-state index is 5.72. The molecular weight excluding hydrogens is 296 g/mol. The molecule has 0 amide bonds. The van der Waals surface area contributed by atoms with Crippen LogP contribution in [0.2, 0.25) is 0 Å². The second-order valence-corrected chi connectivity index (χ2v) is 5.69. The van der Waals surface area contributed by atoms with Gasteiger partial charge in [-0.05, 0) is 43.0 Å². The molecule has 1 aliphatic rings. The van der Waals surface area contributed by atoms with Gasteiger partial charge in [0.25, 0.3) is 0 Å². The van der Waals surface area contributed by atoms with Crippen molar-refractivity contribution in [2.45, 2.75) is 52.7 Å². The largest absolute Gasteiger partial charge is 0.454 e. The SMILES string of the molecule is CCCc1cc2c(cc1COCCOCOC(C)CC)OCO2. The standard InChI is InChI=1S/C18H28O5/c1-4-6-15-9-17-18(23-13-22-17)10-16(15)11-19-7-8-20-12-21-14(3)5-2/h9-10,14H,4-8,11-13H2,1-3H3. The molecule has 1 heterocycles. The van der Waals surface area contributed by atoms with Gasteiger partial charge in [-0.3, -0.25) is 0 Å². The second kappa shape index (κ2) is 9.75. The van der Waals surface area contributed by atoms with Crippen molar-refractivity contribution in [3.05, 3.63) is 23.3 Å². The lowest BCUT2D eigenvalue weighted by atomic mass is 10.0. The molecule has 0 saturated heterocycles. The molecule has 0 aliphatic carbocycles. The van der Waals surface area contributed by atoms with Gasteiger partial charge in [-0.25, -0.2) is 0 Å². The first-order valence-electron chi connectivity index (χ1n) is 8.43. The zero-order valence-corrected chi connectivity index (χ0v) is 14.4. The highest BCUT2D eigenvalue weighted by Crippen LogP contribution is 2.35. The molecule has 0 saturated carbocycles. The van der Waals surface area contributed by atoms with Gasteiger partial charge < -0.3 is 23.7 Å². The van der Waals surface area contributed by atoms with E-state index >= 15 is 0 Å². The minimum absolute atomic E-state index is 0.237. The van der Waals surface area contributed by atoms with Gasteiger partial charge >= 0.3 is 0 Å². The highest BCUT2D eigenvalue weighted by atomic mass is 16.7. The van der Waals surface area contributed by atoms with Crippen LogP contribution in [0.3, 0.4) is 0 Å². The Morgan fingerprint density at radius 2 is 1.74 bits per heavy atom. The normalized spacial score (nSPS) is 14.2. The predicted molar refractivity (Wildman–Crippen MR) is 87.9 cm³/mol. The molecule has 0 spiro atoms. The number of benzene rings is 1. The summed E-state index contributed by atoms with van der Waals surface area (Å²) in [6.07, 6.45) is 3.32. The summed E-state index contributed by atoms with van der Waals surface area (Å²) in [6.45, 7) is 8.55. The molecule has 0 fully saturated rings. The van der Waals surface area contributed by atoms with Gasteiger partial charge in [0.15, 0.2) is 11.5 Å². The summed E-state index contributed by atoms with van der Waals surface area (Å²) < 4.78 is 27.5. The lowest BCUT2D eigenvalue weighted by Crippen LogP contribution is -2.12. The maximum Gasteiger partial charge on any atom is 0.231 e. The molecule has 5 nitrogen and oxygen atoms in total. The van der Waals surface area contributed by atoms with Crippen molar-refractivity contribution in [2.24, 2.45) is 0 Å². The molecule has 23 heavy (non-hydrogen) atoms. The van der Waals surface area contributed by atoms with Gasteiger partial charge in [0, 0.05) is 0 Å². The maximum absolute atomic E-state index is 5.72. The molecule has 0 aromatic heterocycles. The van der Waals surface area contributed by atoms with Crippen LogP contribution in [0, 0.1) is 0 Å². The first-order valence-corrected chi connectivity index (χ1v) is 8.43. The third kappa shape index (κ3) is 5.68. The number of fused-ring (bicyclic) bond motifs is 1. The van der Waals surface area contributed by atoms with E-state index in [1.165, 1.54) is 5.56 Å². The fraction of sp³-hybridized carbons (Fsp3) is 0.667. The average Bonchev–Trinajstić information content (AvgIpc) is 3.01. The molecule has 1 atom stereocenters. The molecule has 130 valence electrons. The van der Waals surface area contributed by atoms with Crippen molar-refractivity contribution in [3.63, 3.8) is 0 Å². The fourth-order valence-corrected chi connectivity index (χ4v) is 2.30. The summed E-state index contributed by atoms with van der Waals surface area (Å²) in [6, 6.07) is 4.10. The van der Waals surface area contributed by atoms with Crippen molar-refractivity contribution in [3.8, 4) is 11.5 Å². The summed E-state index contributed by atoms with van der Waals surface area (Å²) in [5.74, 6) is 1.64. The van der Waals surface area contributed by atoms with Gasteiger partial charge in [-0.15, -0.1) is 0 Å². The zero-order valence-electron chi connectivity index (χ0n) is 14.4. The number of aryl methyl sites for hydroxylation is 1. The third-order valence-corrected chi connectivity index (χ3v) is 3.85. The fourth-order valence-electron chi connectivity index (χ4n) is 2.30. The van der Waals surface area contributed by atoms with Crippen LogP contribution in [-0.4, -0.2) is 32.9 Å². The first kappa shape index (κ1) is 18.0. The average molecular weight is 324 g/mol. The molecule has 1 aliphatic heterocycles. The smallest absolute Gasteiger partial charge is 0.231 e. The van der Waals surface area contributed by atoms with Crippen LogP contribution in [0.15, 0.2) is 12.1 Å². The molecule has 0 bridgehead atoms. The van der Waals surface area contributed by atoms with Crippen molar-refractivity contribution in [1.82, 2.24) is 0 Å². The van der Waals surface area contributed by atoms with Gasteiger partial charge in [-0.2, -0.15) is 0 Å². The third-order valence-electron chi connectivity index (χ3n) is 3.85. The van der Waals surface area contributed by atoms with E-state index in [4.69, 9.17) is 23.7 Å². The Morgan fingerprint density at radius 3 is 2.43 bits per heavy atom. The molecule has 1 unspecified atom stereocenters. The van der Waals surface area contributed by atoms with Crippen LogP contribution in [-0.2, 0) is 27.2 Å². The summed E-state index contributed by atoms with van der Waals surface area (Å²) >= 11 is 0. The summed E-state index contributed by atoms with van der Waals surface area (Å²) in [5.41, 5.74) is 2.42. The minimum Gasteiger partial charge on any atom is -0.454 e. The lowest BCUT2D eigenvalue weighted by molar-refractivity contribution is -0.0963. The zero-order chi connectivity index (χ0) is 16.5. The molecule has 0 N–H and O–H groups in total. The predicted octanol–water partition coefficient (Wildman–Crippen LogP) is 3.67. The van der Waals surface area contributed by atoms with Gasteiger partial charge in [0.05, 0.1) is 25.9 Å². The Balaban J connectivity index is 1.72. The first-order chi connectivity index (χ1) is 11.2. The number of hydrogen-bond acceptors (Lipinski definition) is 5. The van der Waals surface area contributed by atoms with Gasteiger partial charge in [0.1, 0.15) is 6.79 Å². The lowest BCUT2D eigenvalue weighted by Gasteiger charge is -2.12. The van der Waals surface area contributed by atoms with Crippen molar-refractivity contribution in [2.75, 3.05) is 26.8 Å². The number of rotatable bonds is 11. The van der Waals surface area contributed by atoms with E-state index in [2.05, 4.69) is 19.9 Å². The quantitative estimate of drug-likeness (QED) is 0.459. The Hall–Kier alpha value is -1.30. The van der Waals surface area contributed by atoms with Crippen LogP contribution in [0.5, 0.6) is 11.5 Å². The van der Waals surface area contributed by atoms with Gasteiger partial charge in [-0.1, -0.05) is 20.3 Å². The van der Waals surface area contributed by atoms with Crippen LogP contribution >= 0.6 is 0 Å². The molecule has 0 radical (unpaired) electrons. The Labute approximate surface area is 138 Å². The molecule has 5 heteroatoms.